The second-order valence-electron chi connectivity index (χ2n) is 7.64. The molecule has 0 radical (unpaired) electrons. The third-order valence-corrected chi connectivity index (χ3v) is 6.58. The molecular formula is C22H28N6O3S. The molecule has 1 aromatic carbocycles. The van der Waals surface area contributed by atoms with Crippen LogP contribution in [0.3, 0.4) is 0 Å². The highest BCUT2D eigenvalue weighted by molar-refractivity contribution is 7.13. The molecule has 3 heterocycles. The lowest BCUT2D eigenvalue weighted by atomic mass is 10.2. The molecule has 0 unspecified atom stereocenters. The average Bonchev–Trinajstić information content (AvgIpc) is 3.13. The number of ether oxygens (including phenoxy) is 1. The van der Waals surface area contributed by atoms with Gasteiger partial charge in [0.25, 0.3) is 5.56 Å². The van der Waals surface area contributed by atoms with E-state index in [0.29, 0.717) is 24.2 Å². The number of hydrogen-bond donors (Lipinski definition) is 1. The Morgan fingerprint density at radius 3 is 2.62 bits per heavy atom. The zero-order valence-corrected chi connectivity index (χ0v) is 19.0. The van der Waals surface area contributed by atoms with Gasteiger partial charge in [-0.1, -0.05) is 11.5 Å². The third-order valence-electron chi connectivity index (χ3n) is 5.46. The summed E-state index contributed by atoms with van der Waals surface area (Å²) in [7, 11) is 0. The quantitative estimate of drug-likeness (QED) is 0.521. The molecule has 0 atom stereocenters. The second kappa shape index (κ2) is 10.6. The van der Waals surface area contributed by atoms with E-state index >= 15 is 0 Å². The number of unbranched alkanes of at least 4 members (excludes halogenated alkanes) is 1. The molecule has 0 saturated carbocycles. The number of fused-ring (bicyclic) bond motifs is 1. The van der Waals surface area contributed by atoms with Gasteiger partial charge in [-0.05, 0) is 50.6 Å². The van der Waals surface area contributed by atoms with Crippen molar-refractivity contribution in [1.82, 2.24) is 18.8 Å². The first-order valence-corrected chi connectivity index (χ1v) is 11.7. The number of carbonyl (C=O) groups excluding carboxylic acids is 1. The first-order valence-electron chi connectivity index (χ1n) is 11.0. The molecule has 0 spiro atoms. The highest BCUT2D eigenvalue weighted by Gasteiger charge is 2.18. The van der Waals surface area contributed by atoms with Crippen LogP contribution in [0.15, 0.2) is 41.5 Å². The molecule has 1 aliphatic heterocycles. The predicted molar refractivity (Wildman–Crippen MR) is 127 cm³/mol. The minimum absolute atomic E-state index is 0.00557. The molecule has 0 aliphatic carbocycles. The van der Waals surface area contributed by atoms with Crippen LogP contribution in [0.4, 0.5) is 16.4 Å². The van der Waals surface area contributed by atoms with Gasteiger partial charge < -0.3 is 9.64 Å². The molecule has 32 heavy (non-hydrogen) atoms. The molecule has 1 aliphatic rings. The normalized spacial score (nSPS) is 14.6. The Morgan fingerprint density at radius 2 is 1.88 bits per heavy atom. The molecule has 3 aromatic rings. The van der Waals surface area contributed by atoms with Crippen LogP contribution < -0.4 is 15.8 Å². The van der Waals surface area contributed by atoms with Gasteiger partial charge in [-0.25, -0.2) is 14.8 Å². The van der Waals surface area contributed by atoms with Crippen LogP contribution in [-0.2, 0) is 11.3 Å². The van der Waals surface area contributed by atoms with Gasteiger partial charge in [-0.15, -0.1) is 0 Å². The van der Waals surface area contributed by atoms with Crippen molar-refractivity contribution in [3.8, 4) is 0 Å². The van der Waals surface area contributed by atoms with Crippen LogP contribution in [0.5, 0.6) is 0 Å². The fourth-order valence-corrected chi connectivity index (χ4v) is 4.81. The molecule has 1 fully saturated rings. The van der Waals surface area contributed by atoms with Crippen molar-refractivity contribution in [3.63, 3.8) is 0 Å². The van der Waals surface area contributed by atoms with E-state index < -0.39 is 6.09 Å². The van der Waals surface area contributed by atoms with E-state index in [4.69, 9.17) is 4.74 Å². The topological polar surface area (TPSA) is 92.6 Å². The average molecular weight is 457 g/mol. The maximum Gasteiger partial charge on any atom is 0.411 e. The Balaban J connectivity index is 1.24. The number of aromatic nitrogens is 3. The summed E-state index contributed by atoms with van der Waals surface area (Å²) in [5, 5.41) is 3.28. The summed E-state index contributed by atoms with van der Waals surface area (Å²) in [5.74, 6) is 0.803. The van der Waals surface area contributed by atoms with Crippen molar-refractivity contribution >= 4 is 39.3 Å². The lowest BCUT2D eigenvalue weighted by molar-refractivity contribution is 0.168. The van der Waals surface area contributed by atoms with E-state index in [1.807, 2.05) is 16.1 Å². The second-order valence-corrected chi connectivity index (χ2v) is 8.70. The Bertz CT molecular complexity index is 1090. The van der Waals surface area contributed by atoms with Crippen molar-refractivity contribution in [2.24, 2.45) is 0 Å². The summed E-state index contributed by atoms with van der Waals surface area (Å²) < 4.78 is 7.62. The molecular weight excluding hydrogens is 428 g/mol. The molecule has 4 rings (SSSR count). The van der Waals surface area contributed by atoms with Crippen molar-refractivity contribution in [2.75, 3.05) is 49.5 Å². The molecule has 10 heteroatoms. The summed E-state index contributed by atoms with van der Waals surface area (Å²) in [5.41, 5.74) is 0.562. The highest BCUT2D eigenvalue weighted by atomic mass is 32.1. The lowest BCUT2D eigenvalue weighted by Crippen LogP contribution is -2.47. The number of amides is 1. The van der Waals surface area contributed by atoms with Crippen LogP contribution in [0, 0.1) is 0 Å². The number of nitrogens with one attached hydrogen (secondary N) is 1. The Labute approximate surface area is 190 Å². The summed E-state index contributed by atoms with van der Waals surface area (Å²) in [6, 6.07) is 7.22. The van der Waals surface area contributed by atoms with Crippen molar-refractivity contribution in [3.05, 3.63) is 47.0 Å². The molecule has 0 bridgehead atoms. The number of carbonyl (C=O) groups is 1. The molecule has 9 nitrogen and oxygen atoms in total. The maximum atomic E-state index is 12.8. The van der Waals surface area contributed by atoms with Crippen LogP contribution in [0.25, 0.3) is 10.1 Å². The van der Waals surface area contributed by atoms with E-state index in [2.05, 4.69) is 25.1 Å². The highest BCUT2D eigenvalue weighted by Crippen LogP contribution is 2.21. The van der Waals surface area contributed by atoms with E-state index in [1.54, 1.807) is 31.5 Å². The third kappa shape index (κ3) is 5.43. The maximum absolute atomic E-state index is 12.8. The fourth-order valence-electron chi connectivity index (χ4n) is 3.80. The van der Waals surface area contributed by atoms with Crippen LogP contribution in [-0.4, -0.2) is 64.2 Å². The summed E-state index contributed by atoms with van der Waals surface area (Å²) >= 11 is 1.47. The molecule has 1 saturated heterocycles. The number of hydrogen-bond acceptors (Lipinski definition) is 8. The van der Waals surface area contributed by atoms with Crippen LogP contribution >= 0.6 is 11.5 Å². The largest absolute Gasteiger partial charge is 0.450 e. The molecule has 1 amide bonds. The van der Waals surface area contributed by atoms with Gasteiger partial charge in [-0.3, -0.25) is 19.0 Å². The zero-order valence-electron chi connectivity index (χ0n) is 18.2. The Kier molecular flexibility index (Phi) is 7.33. The van der Waals surface area contributed by atoms with Crippen molar-refractivity contribution in [2.45, 2.75) is 26.3 Å². The van der Waals surface area contributed by atoms with E-state index in [0.717, 1.165) is 56.2 Å². The van der Waals surface area contributed by atoms with E-state index in [9.17, 15) is 9.59 Å². The molecule has 2 aromatic heterocycles. The van der Waals surface area contributed by atoms with Gasteiger partial charge in [-0.2, -0.15) is 0 Å². The number of piperazine rings is 1. The Hall–Kier alpha value is -2.98. The standard InChI is InChI=1S/C22H28N6O3S/c1-2-31-22(30)25-17-6-7-19-18(16-17)20(29)28(32-19)11-4-3-10-26-12-14-27(15-13-26)21-23-8-5-9-24-21/h5-9,16H,2-4,10-15H2,1H3,(H,25,30). The number of nitrogens with zero attached hydrogens (tertiary/aromatic N) is 5. The van der Waals surface area contributed by atoms with Gasteiger partial charge in [0.2, 0.25) is 5.95 Å². The number of aryl methyl sites for hydroxylation is 1. The van der Waals surface area contributed by atoms with Crippen LogP contribution in [0.1, 0.15) is 19.8 Å². The summed E-state index contributed by atoms with van der Waals surface area (Å²) in [6.45, 7) is 7.64. The first kappa shape index (κ1) is 22.2. The number of benzene rings is 1. The fraction of sp³-hybridized carbons (Fsp3) is 0.455. The minimum atomic E-state index is -0.514. The van der Waals surface area contributed by atoms with Gasteiger partial charge in [0.05, 0.1) is 16.7 Å². The number of anilines is 2. The zero-order chi connectivity index (χ0) is 22.3. The summed E-state index contributed by atoms with van der Waals surface area (Å²) in [4.78, 5) is 37.7. The first-order chi connectivity index (χ1) is 15.6. The van der Waals surface area contributed by atoms with Gasteiger partial charge in [0.1, 0.15) is 0 Å². The van der Waals surface area contributed by atoms with Gasteiger partial charge in [0, 0.05) is 50.8 Å². The van der Waals surface area contributed by atoms with Crippen molar-refractivity contribution < 1.29 is 9.53 Å². The van der Waals surface area contributed by atoms with E-state index in [-0.39, 0.29) is 5.56 Å². The van der Waals surface area contributed by atoms with Gasteiger partial charge >= 0.3 is 6.09 Å². The molecule has 1 N–H and O–H groups in total. The lowest BCUT2D eigenvalue weighted by Gasteiger charge is -2.34. The van der Waals surface area contributed by atoms with E-state index in [1.165, 1.54) is 11.5 Å². The summed E-state index contributed by atoms with van der Waals surface area (Å²) in [6.07, 6.45) is 5.03. The Morgan fingerprint density at radius 1 is 1.12 bits per heavy atom. The van der Waals surface area contributed by atoms with Crippen molar-refractivity contribution in [1.29, 1.82) is 0 Å². The minimum Gasteiger partial charge on any atom is -0.450 e. The monoisotopic (exact) mass is 456 g/mol. The smallest absolute Gasteiger partial charge is 0.411 e. The predicted octanol–water partition coefficient (Wildman–Crippen LogP) is 3.02. The van der Waals surface area contributed by atoms with Gasteiger partial charge in [0.15, 0.2) is 0 Å². The van der Waals surface area contributed by atoms with Crippen LogP contribution in [0.2, 0.25) is 0 Å². The number of rotatable bonds is 8. The SMILES string of the molecule is CCOC(=O)Nc1ccc2sn(CCCCN3CCN(c4ncccn4)CC3)c(=O)c2c1. The molecule has 170 valence electrons.